The van der Waals surface area contributed by atoms with E-state index in [4.69, 9.17) is 9.11 Å². The first-order valence-electron chi connectivity index (χ1n) is 11.5. The summed E-state index contributed by atoms with van der Waals surface area (Å²) < 4.78 is 55.6. The van der Waals surface area contributed by atoms with Gasteiger partial charge >= 0.3 is 20.8 Å². The SMILES string of the molecule is C[C@]12CCCCC1CC[C@@H]1[C@@H]2CC[C@]2(C)C(=CC(O)(O)O)CC[C@@H]12.O=S(=O)(O)OS(=O)(=O)O. The Morgan fingerprint density at radius 1 is 0.879 bits per heavy atom. The van der Waals surface area contributed by atoms with Gasteiger partial charge in [-0.3, -0.25) is 9.11 Å². The molecule has 0 radical (unpaired) electrons. The molecule has 4 aliphatic rings. The van der Waals surface area contributed by atoms with E-state index in [9.17, 15) is 32.2 Å². The zero-order chi connectivity index (χ0) is 24.9. The summed E-state index contributed by atoms with van der Waals surface area (Å²) >= 11 is 0. The molecule has 4 aliphatic carbocycles. The first-order valence-corrected chi connectivity index (χ1v) is 14.2. The third-order valence-electron chi connectivity index (χ3n) is 8.97. The van der Waals surface area contributed by atoms with Gasteiger partial charge in [0, 0.05) is 6.08 Å². The Balaban J connectivity index is 0.000000292. The predicted molar refractivity (Wildman–Crippen MR) is 118 cm³/mol. The van der Waals surface area contributed by atoms with Gasteiger partial charge in [0.1, 0.15) is 0 Å². The quantitative estimate of drug-likeness (QED) is 0.214. The Kier molecular flexibility index (Phi) is 7.46. The highest BCUT2D eigenvalue weighted by Gasteiger charge is 2.58. The Morgan fingerprint density at radius 2 is 1.52 bits per heavy atom. The zero-order valence-electron chi connectivity index (χ0n) is 19.1. The highest BCUT2D eigenvalue weighted by molar-refractivity contribution is 7.94. The molecule has 5 N–H and O–H groups in total. The Bertz CT molecular complexity index is 937. The molecule has 1 unspecified atom stereocenters. The standard InChI is InChI=1S/C21H34O3.H2O7S2/c1-19-11-4-3-5-14(19)6-8-16-17-9-7-15(13-21(22,23)24)20(17,2)12-10-18(16)19;1-8(2,3)7-9(4,5)6/h13-14,16-18,22-24H,3-12H2,1-2H3;(H,1,2,3)(H,4,5,6)/t14?,16-,17-,18-,19-,20+;/m0./s1. The Morgan fingerprint density at radius 3 is 2.06 bits per heavy atom. The van der Waals surface area contributed by atoms with Crippen LogP contribution in [0.5, 0.6) is 0 Å². The lowest BCUT2D eigenvalue weighted by molar-refractivity contribution is -0.274. The fourth-order valence-corrected chi connectivity index (χ4v) is 8.59. The predicted octanol–water partition coefficient (Wildman–Crippen LogP) is 2.58. The minimum atomic E-state index is -5.12. The fourth-order valence-electron chi connectivity index (χ4n) is 7.72. The Labute approximate surface area is 196 Å². The Hall–Kier alpha value is -0.600. The zero-order valence-corrected chi connectivity index (χ0v) is 20.7. The van der Waals surface area contributed by atoms with E-state index in [0.717, 1.165) is 42.6 Å². The van der Waals surface area contributed by atoms with E-state index < -0.39 is 26.8 Å². The molecule has 0 heterocycles. The van der Waals surface area contributed by atoms with Crippen molar-refractivity contribution in [3.63, 3.8) is 0 Å². The van der Waals surface area contributed by atoms with Gasteiger partial charge in [0.2, 0.25) is 0 Å². The molecule has 4 saturated carbocycles. The van der Waals surface area contributed by atoms with Crippen molar-refractivity contribution >= 4 is 20.8 Å². The first-order chi connectivity index (χ1) is 14.9. The average molecular weight is 513 g/mol. The van der Waals surface area contributed by atoms with Gasteiger partial charge in [-0.25, -0.2) is 0 Å². The van der Waals surface area contributed by atoms with Gasteiger partial charge in [0.25, 0.3) is 5.97 Å². The maximum atomic E-state index is 9.45. The lowest BCUT2D eigenvalue weighted by Gasteiger charge is -2.60. The van der Waals surface area contributed by atoms with Gasteiger partial charge in [-0.2, -0.15) is 16.8 Å². The maximum absolute atomic E-state index is 9.45. The van der Waals surface area contributed by atoms with E-state index >= 15 is 0 Å². The summed E-state index contributed by atoms with van der Waals surface area (Å²) in [6, 6.07) is 0. The van der Waals surface area contributed by atoms with Crippen molar-refractivity contribution < 1.29 is 44.9 Å². The molecule has 0 aromatic heterocycles. The van der Waals surface area contributed by atoms with Crippen molar-refractivity contribution in [2.75, 3.05) is 0 Å². The molecular formula is C21H36O10S2. The van der Waals surface area contributed by atoms with Gasteiger partial charge in [-0.05, 0) is 85.9 Å². The number of hydrogen-bond acceptors (Lipinski definition) is 8. The number of hydrogen-bond donors (Lipinski definition) is 5. The third kappa shape index (κ3) is 6.16. The lowest BCUT2D eigenvalue weighted by Crippen LogP contribution is -2.52. The number of aliphatic hydroxyl groups is 3. The summed E-state index contributed by atoms with van der Waals surface area (Å²) in [7, 11) is -10.2. The molecule has 4 rings (SSSR count). The van der Waals surface area contributed by atoms with E-state index in [1.807, 2.05) is 0 Å². The van der Waals surface area contributed by atoms with Crippen molar-refractivity contribution in [3.05, 3.63) is 11.6 Å². The van der Waals surface area contributed by atoms with Crippen molar-refractivity contribution in [2.45, 2.75) is 84.0 Å². The fraction of sp³-hybridized carbons (Fsp3) is 0.905. The normalized spacial score (nSPS) is 40.3. The van der Waals surface area contributed by atoms with E-state index in [-0.39, 0.29) is 5.41 Å². The second-order valence-corrected chi connectivity index (χ2v) is 12.9. The van der Waals surface area contributed by atoms with Crippen LogP contribution in [0.1, 0.15) is 78.1 Å². The summed E-state index contributed by atoms with van der Waals surface area (Å²) in [5, 5.41) is 28.3. The van der Waals surface area contributed by atoms with Crippen LogP contribution in [0.4, 0.5) is 0 Å². The van der Waals surface area contributed by atoms with E-state index in [1.165, 1.54) is 51.0 Å². The molecular weight excluding hydrogens is 476 g/mol. The van der Waals surface area contributed by atoms with Crippen LogP contribution in [0.3, 0.4) is 0 Å². The molecule has 6 atom stereocenters. The third-order valence-corrected chi connectivity index (χ3v) is 10.3. The van der Waals surface area contributed by atoms with Gasteiger partial charge in [0.15, 0.2) is 0 Å². The van der Waals surface area contributed by atoms with Crippen molar-refractivity contribution in [3.8, 4) is 0 Å². The minimum Gasteiger partial charge on any atom is -0.340 e. The van der Waals surface area contributed by atoms with Crippen LogP contribution in [0.2, 0.25) is 0 Å². The monoisotopic (exact) mass is 512 g/mol. The molecule has 0 bridgehead atoms. The topological polar surface area (TPSA) is 179 Å². The number of rotatable bonds is 3. The van der Waals surface area contributed by atoms with Crippen molar-refractivity contribution in [2.24, 2.45) is 34.5 Å². The van der Waals surface area contributed by atoms with Crippen LogP contribution in [0.25, 0.3) is 0 Å². The highest BCUT2D eigenvalue weighted by Crippen LogP contribution is 2.67. The van der Waals surface area contributed by atoms with E-state index in [0.29, 0.717) is 11.3 Å². The molecule has 4 fully saturated rings. The summed E-state index contributed by atoms with van der Waals surface area (Å²) in [5.41, 5.74) is 1.68. The van der Waals surface area contributed by atoms with Gasteiger partial charge < -0.3 is 15.3 Å². The smallest absolute Gasteiger partial charge is 0.340 e. The van der Waals surface area contributed by atoms with Gasteiger partial charge in [-0.1, -0.05) is 32.3 Å². The van der Waals surface area contributed by atoms with E-state index in [2.05, 4.69) is 17.5 Å². The van der Waals surface area contributed by atoms with Crippen LogP contribution < -0.4 is 0 Å². The number of fused-ring (bicyclic) bond motifs is 5. The molecule has 0 aromatic carbocycles. The largest absolute Gasteiger partial charge is 0.413 e. The second kappa shape index (κ2) is 9.12. The van der Waals surface area contributed by atoms with Crippen LogP contribution >= 0.6 is 0 Å². The molecule has 10 nitrogen and oxygen atoms in total. The average Bonchev–Trinajstić information content (AvgIpc) is 2.93. The first kappa shape index (κ1) is 27.0. The van der Waals surface area contributed by atoms with Crippen molar-refractivity contribution in [1.82, 2.24) is 0 Å². The molecule has 0 saturated heterocycles. The van der Waals surface area contributed by atoms with E-state index in [1.54, 1.807) is 0 Å². The van der Waals surface area contributed by atoms with Crippen LogP contribution in [0, 0.1) is 34.5 Å². The van der Waals surface area contributed by atoms with Crippen molar-refractivity contribution in [1.29, 1.82) is 0 Å². The van der Waals surface area contributed by atoms with Gasteiger partial charge in [0.05, 0.1) is 0 Å². The molecule has 0 aromatic rings. The maximum Gasteiger partial charge on any atom is 0.413 e. The molecule has 0 aliphatic heterocycles. The molecule has 0 amide bonds. The second-order valence-electron chi connectivity index (χ2n) is 10.7. The number of allylic oxidation sites excluding steroid dienone is 1. The molecule has 192 valence electrons. The molecule has 12 heteroatoms. The summed E-state index contributed by atoms with van der Waals surface area (Å²) in [6.45, 7) is 4.90. The van der Waals surface area contributed by atoms with Crippen LogP contribution in [-0.2, 0) is 24.4 Å². The molecule has 33 heavy (non-hydrogen) atoms. The minimum absolute atomic E-state index is 0.0540. The lowest BCUT2D eigenvalue weighted by atomic mass is 9.45. The summed E-state index contributed by atoms with van der Waals surface area (Å²) in [4.78, 5) is 0. The summed E-state index contributed by atoms with van der Waals surface area (Å²) in [6.07, 6.45) is 14.2. The van der Waals surface area contributed by atoms with Crippen LogP contribution in [0.15, 0.2) is 11.6 Å². The van der Waals surface area contributed by atoms with Crippen LogP contribution in [-0.4, -0.2) is 47.2 Å². The highest BCUT2D eigenvalue weighted by atomic mass is 32.3. The molecule has 0 spiro atoms. The summed E-state index contributed by atoms with van der Waals surface area (Å²) in [5.74, 6) is 0.588. The van der Waals surface area contributed by atoms with Gasteiger partial charge in [-0.15, -0.1) is 3.63 Å².